The molecule has 2 unspecified atom stereocenters. The van der Waals surface area contributed by atoms with Crippen molar-refractivity contribution in [3.8, 4) is 0 Å². The average molecular weight is 293 g/mol. The topological polar surface area (TPSA) is 67.6 Å². The van der Waals surface area contributed by atoms with E-state index in [1.807, 2.05) is 18.2 Å². The molecule has 0 aliphatic heterocycles. The highest BCUT2D eigenvalue weighted by Gasteiger charge is 2.20. The Kier molecular flexibility index (Phi) is 7.97. The molecular formula is C16H27N3O2. The quantitative estimate of drug-likeness (QED) is 0.717. The molecule has 1 rings (SSSR count). The molecule has 5 heteroatoms. The van der Waals surface area contributed by atoms with Gasteiger partial charge in [0.15, 0.2) is 0 Å². The molecule has 0 spiro atoms. The van der Waals surface area contributed by atoms with Crippen LogP contribution in [0.15, 0.2) is 30.3 Å². The number of nitrogens with one attached hydrogen (secondary N) is 1. The minimum atomic E-state index is -0.622. The van der Waals surface area contributed by atoms with Crippen LogP contribution in [0.4, 0.5) is 0 Å². The Morgan fingerprint density at radius 2 is 1.90 bits per heavy atom. The number of hydrogen-bond donors (Lipinski definition) is 2. The molecule has 3 N–H and O–H groups in total. The average Bonchev–Trinajstić information content (AvgIpc) is 2.52. The first-order valence-electron chi connectivity index (χ1n) is 7.45. The standard InChI is InChI=1S/C16H27N3O2/c1-4-19(5-2)15(13-9-7-6-8-10-13)11-18-16(20)14(17)12-21-3/h6-10,14-15H,4-5,11-12,17H2,1-3H3,(H,18,20). The summed E-state index contributed by atoms with van der Waals surface area (Å²) in [6.07, 6.45) is 0. The predicted octanol–water partition coefficient (Wildman–Crippen LogP) is 1.16. The number of ether oxygens (including phenoxy) is 1. The van der Waals surface area contributed by atoms with Crippen LogP contribution in [0.5, 0.6) is 0 Å². The lowest BCUT2D eigenvalue weighted by atomic mass is 10.0. The van der Waals surface area contributed by atoms with E-state index in [1.54, 1.807) is 0 Å². The van der Waals surface area contributed by atoms with Crippen molar-refractivity contribution in [2.75, 3.05) is 33.4 Å². The van der Waals surface area contributed by atoms with Crippen molar-refractivity contribution < 1.29 is 9.53 Å². The summed E-state index contributed by atoms with van der Waals surface area (Å²) in [5.41, 5.74) is 6.94. The highest BCUT2D eigenvalue weighted by molar-refractivity contribution is 5.81. The van der Waals surface area contributed by atoms with E-state index in [0.717, 1.165) is 13.1 Å². The second-order valence-corrected chi connectivity index (χ2v) is 4.95. The molecule has 0 saturated heterocycles. The highest BCUT2D eigenvalue weighted by Crippen LogP contribution is 2.19. The number of carbonyl (C=O) groups is 1. The second-order valence-electron chi connectivity index (χ2n) is 4.95. The van der Waals surface area contributed by atoms with Gasteiger partial charge in [-0.1, -0.05) is 44.2 Å². The fourth-order valence-electron chi connectivity index (χ4n) is 2.38. The van der Waals surface area contributed by atoms with Gasteiger partial charge in [0, 0.05) is 13.7 Å². The first kappa shape index (κ1) is 17.6. The molecule has 0 saturated carbocycles. The number of carbonyl (C=O) groups excluding carboxylic acids is 1. The molecular weight excluding hydrogens is 266 g/mol. The zero-order valence-corrected chi connectivity index (χ0v) is 13.2. The van der Waals surface area contributed by atoms with E-state index < -0.39 is 6.04 Å². The van der Waals surface area contributed by atoms with E-state index in [9.17, 15) is 4.79 Å². The Morgan fingerprint density at radius 1 is 1.29 bits per heavy atom. The lowest BCUT2D eigenvalue weighted by Crippen LogP contribution is -2.46. The van der Waals surface area contributed by atoms with Crippen LogP contribution < -0.4 is 11.1 Å². The van der Waals surface area contributed by atoms with Crippen molar-refractivity contribution in [3.63, 3.8) is 0 Å². The number of rotatable bonds is 9. The molecule has 0 fully saturated rings. The molecule has 0 radical (unpaired) electrons. The van der Waals surface area contributed by atoms with Crippen molar-refractivity contribution in [1.29, 1.82) is 0 Å². The third-order valence-electron chi connectivity index (χ3n) is 3.59. The number of methoxy groups -OCH3 is 1. The van der Waals surface area contributed by atoms with Gasteiger partial charge < -0.3 is 15.8 Å². The van der Waals surface area contributed by atoms with Gasteiger partial charge in [-0.25, -0.2) is 0 Å². The summed E-state index contributed by atoms with van der Waals surface area (Å²) in [7, 11) is 1.54. The van der Waals surface area contributed by atoms with Gasteiger partial charge in [0.2, 0.25) is 5.91 Å². The van der Waals surface area contributed by atoms with Crippen molar-refractivity contribution in [2.45, 2.75) is 25.9 Å². The van der Waals surface area contributed by atoms with Crippen LogP contribution in [-0.4, -0.2) is 50.2 Å². The van der Waals surface area contributed by atoms with Crippen LogP contribution in [0.1, 0.15) is 25.5 Å². The maximum Gasteiger partial charge on any atom is 0.239 e. The van der Waals surface area contributed by atoms with Gasteiger partial charge in [-0.3, -0.25) is 9.69 Å². The van der Waals surface area contributed by atoms with E-state index in [1.165, 1.54) is 12.7 Å². The zero-order valence-electron chi connectivity index (χ0n) is 13.2. The van der Waals surface area contributed by atoms with Crippen LogP contribution in [0.25, 0.3) is 0 Å². The summed E-state index contributed by atoms with van der Waals surface area (Å²) >= 11 is 0. The van der Waals surface area contributed by atoms with Gasteiger partial charge in [0.05, 0.1) is 12.6 Å². The van der Waals surface area contributed by atoms with Crippen molar-refractivity contribution in [3.05, 3.63) is 35.9 Å². The fraction of sp³-hybridized carbons (Fsp3) is 0.562. The molecule has 21 heavy (non-hydrogen) atoms. The maximum absolute atomic E-state index is 11.9. The van der Waals surface area contributed by atoms with Gasteiger partial charge in [0.25, 0.3) is 0 Å². The van der Waals surface area contributed by atoms with Crippen molar-refractivity contribution >= 4 is 5.91 Å². The lowest BCUT2D eigenvalue weighted by molar-refractivity contribution is -0.123. The lowest BCUT2D eigenvalue weighted by Gasteiger charge is -2.30. The minimum absolute atomic E-state index is 0.153. The molecule has 1 aromatic carbocycles. The first-order valence-corrected chi connectivity index (χ1v) is 7.45. The molecule has 5 nitrogen and oxygen atoms in total. The molecule has 0 bridgehead atoms. The Balaban J connectivity index is 2.72. The van der Waals surface area contributed by atoms with Crippen molar-refractivity contribution in [2.24, 2.45) is 5.73 Å². The van der Waals surface area contributed by atoms with Gasteiger partial charge in [-0.05, 0) is 18.7 Å². The normalized spacial score (nSPS) is 14.0. The maximum atomic E-state index is 11.9. The number of amides is 1. The number of nitrogens with two attached hydrogens (primary N) is 1. The first-order chi connectivity index (χ1) is 10.1. The SMILES string of the molecule is CCN(CC)C(CNC(=O)C(N)COC)c1ccccc1. The van der Waals surface area contributed by atoms with Crippen LogP contribution in [0.2, 0.25) is 0 Å². The minimum Gasteiger partial charge on any atom is -0.383 e. The number of nitrogens with zero attached hydrogens (tertiary/aromatic N) is 1. The Morgan fingerprint density at radius 3 is 2.43 bits per heavy atom. The van der Waals surface area contributed by atoms with Gasteiger partial charge in [-0.15, -0.1) is 0 Å². The summed E-state index contributed by atoms with van der Waals surface area (Å²) in [5, 5.41) is 2.93. The largest absolute Gasteiger partial charge is 0.383 e. The van der Waals surface area contributed by atoms with Crippen LogP contribution in [0.3, 0.4) is 0 Å². The summed E-state index contributed by atoms with van der Waals surface area (Å²) in [5.74, 6) is -0.176. The highest BCUT2D eigenvalue weighted by atomic mass is 16.5. The Bertz CT molecular complexity index is 407. The van der Waals surface area contributed by atoms with E-state index in [2.05, 4.69) is 36.2 Å². The third-order valence-corrected chi connectivity index (χ3v) is 3.59. The van der Waals surface area contributed by atoms with E-state index in [-0.39, 0.29) is 18.6 Å². The summed E-state index contributed by atoms with van der Waals surface area (Å²) < 4.78 is 4.91. The number of hydrogen-bond acceptors (Lipinski definition) is 4. The van der Waals surface area contributed by atoms with Crippen LogP contribution in [-0.2, 0) is 9.53 Å². The second kappa shape index (κ2) is 9.50. The van der Waals surface area contributed by atoms with Crippen molar-refractivity contribution in [1.82, 2.24) is 10.2 Å². The predicted molar refractivity (Wildman–Crippen MR) is 85.0 cm³/mol. The van der Waals surface area contributed by atoms with E-state index in [4.69, 9.17) is 10.5 Å². The Labute approximate surface area is 127 Å². The molecule has 1 amide bonds. The molecule has 0 aliphatic rings. The molecule has 0 aromatic heterocycles. The van der Waals surface area contributed by atoms with Gasteiger partial charge in [-0.2, -0.15) is 0 Å². The monoisotopic (exact) mass is 293 g/mol. The molecule has 0 aliphatic carbocycles. The van der Waals surface area contributed by atoms with Gasteiger partial charge >= 0.3 is 0 Å². The van der Waals surface area contributed by atoms with E-state index >= 15 is 0 Å². The van der Waals surface area contributed by atoms with Crippen LogP contribution >= 0.6 is 0 Å². The zero-order chi connectivity index (χ0) is 15.7. The van der Waals surface area contributed by atoms with Crippen LogP contribution in [0, 0.1) is 0 Å². The molecule has 0 heterocycles. The molecule has 1 aromatic rings. The fourth-order valence-corrected chi connectivity index (χ4v) is 2.38. The Hall–Kier alpha value is -1.43. The van der Waals surface area contributed by atoms with E-state index in [0.29, 0.717) is 6.54 Å². The molecule has 118 valence electrons. The molecule has 2 atom stereocenters. The number of benzene rings is 1. The third kappa shape index (κ3) is 5.46. The smallest absolute Gasteiger partial charge is 0.239 e. The summed E-state index contributed by atoms with van der Waals surface area (Å²) in [4.78, 5) is 14.3. The number of likely N-dealkylation sites (N-methyl/N-ethyl adjacent to an activating group) is 1. The van der Waals surface area contributed by atoms with Gasteiger partial charge in [0.1, 0.15) is 6.04 Å². The summed E-state index contributed by atoms with van der Waals surface area (Å²) in [6, 6.07) is 9.74. The summed E-state index contributed by atoms with van der Waals surface area (Å²) in [6.45, 7) is 6.87.